The highest BCUT2D eigenvalue weighted by molar-refractivity contribution is 7.80. The van der Waals surface area contributed by atoms with Gasteiger partial charge in [-0.15, -0.1) is 0 Å². The lowest BCUT2D eigenvalue weighted by atomic mass is 10.2. The Morgan fingerprint density at radius 2 is 1.74 bits per heavy atom. The number of rotatable bonds is 5. The maximum absolute atomic E-state index is 12.6. The average molecular weight is 492 g/mol. The molecule has 0 fully saturated rings. The molecule has 35 heavy (non-hydrogen) atoms. The normalized spacial score (nSPS) is 12.2. The fourth-order valence-corrected chi connectivity index (χ4v) is 3.83. The quantitative estimate of drug-likeness (QED) is 0.393. The van der Waals surface area contributed by atoms with Crippen LogP contribution in [0.3, 0.4) is 0 Å². The first-order chi connectivity index (χ1) is 17.0. The Morgan fingerprint density at radius 3 is 2.54 bits per heavy atom. The molecule has 4 aromatic rings. The summed E-state index contributed by atoms with van der Waals surface area (Å²) in [5.41, 5.74) is 3.03. The predicted molar refractivity (Wildman–Crippen MR) is 134 cm³/mol. The number of nitrogens with one attached hydrogen (secondary N) is 2. The van der Waals surface area contributed by atoms with Crippen molar-refractivity contribution in [3.63, 3.8) is 0 Å². The Morgan fingerprint density at radius 1 is 0.943 bits per heavy atom. The van der Waals surface area contributed by atoms with Crippen LogP contribution in [0.5, 0.6) is 23.0 Å². The van der Waals surface area contributed by atoms with Crippen LogP contribution in [0.15, 0.2) is 59.0 Å². The number of anilines is 1. The van der Waals surface area contributed by atoms with Crippen molar-refractivity contribution in [2.75, 3.05) is 32.8 Å². The van der Waals surface area contributed by atoms with E-state index in [0.29, 0.717) is 64.5 Å². The minimum absolute atomic E-state index is 0.146. The maximum Gasteiger partial charge on any atom is 0.257 e. The monoisotopic (exact) mass is 491 g/mol. The summed E-state index contributed by atoms with van der Waals surface area (Å²) in [6.07, 6.45) is 0. The maximum atomic E-state index is 12.6. The number of fused-ring (bicyclic) bond motifs is 2. The molecule has 0 bridgehead atoms. The van der Waals surface area contributed by atoms with E-state index in [2.05, 4.69) is 15.6 Å². The predicted octanol–water partition coefficient (Wildman–Crippen LogP) is 4.41. The molecular formula is C25H21N3O6S. The molecule has 178 valence electrons. The van der Waals surface area contributed by atoms with Crippen LogP contribution in [0.1, 0.15) is 10.4 Å². The van der Waals surface area contributed by atoms with Gasteiger partial charge in [0.2, 0.25) is 5.89 Å². The Bertz CT molecular complexity index is 1430. The molecule has 0 aliphatic carbocycles. The Hall–Kier alpha value is -4.31. The third kappa shape index (κ3) is 4.69. The summed E-state index contributed by atoms with van der Waals surface area (Å²) >= 11 is 5.32. The summed E-state index contributed by atoms with van der Waals surface area (Å²) in [5.74, 6) is 2.41. The highest BCUT2D eigenvalue weighted by atomic mass is 32.1. The fraction of sp³-hybridized carbons (Fsp3) is 0.160. The van der Waals surface area contributed by atoms with E-state index in [9.17, 15) is 4.79 Å². The number of thiocarbonyl (C=S) groups is 1. The Labute approximate surface area is 205 Å². The van der Waals surface area contributed by atoms with E-state index in [1.807, 2.05) is 6.07 Å². The van der Waals surface area contributed by atoms with E-state index in [4.69, 9.17) is 35.6 Å². The molecule has 2 N–H and O–H groups in total. The highest BCUT2D eigenvalue weighted by Crippen LogP contribution is 2.34. The summed E-state index contributed by atoms with van der Waals surface area (Å²) < 4.78 is 27.6. The molecule has 0 spiro atoms. The summed E-state index contributed by atoms with van der Waals surface area (Å²) in [4.78, 5) is 17.2. The first-order valence-electron chi connectivity index (χ1n) is 10.7. The molecule has 1 aromatic heterocycles. The molecule has 1 amide bonds. The van der Waals surface area contributed by atoms with Crippen LogP contribution in [-0.2, 0) is 0 Å². The zero-order valence-corrected chi connectivity index (χ0v) is 19.7. The van der Waals surface area contributed by atoms with E-state index in [0.717, 1.165) is 5.56 Å². The zero-order valence-electron chi connectivity index (χ0n) is 18.9. The number of carbonyl (C=O) groups is 1. The number of ether oxygens (including phenoxy) is 4. The second-order valence-electron chi connectivity index (χ2n) is 7.54. The van der Waals surface area contributed by atoms with Gasteiger partial charge in [-0.1, -0.05) is 0 Å². The molecule has 0 saturated heterocycles. The molecular weight excluding hydrogens is 470 g/mol. The van der Waals surface area contributed by atoms with Gasteiger partial charge in [-0.05, 0) is 66.8 Å². The van der Waals surface area contributed by atoms with Crippen molar-refractivity contribution in [2.24, 2.45) is 0 Å². The van der Waals surface area contributed by atoms with Gasteiger partial charge in [0, 0.05) is 16.8 Å². The second kappa shape index (κ2) is 9.51. The first kappa shape index (κ1) is 22.5. The van der Waals surface area contributed by atoms with Crippen LogP contribution >= 0.6 is 12.2 Å². The minimum Gasteiger partial charge on any atom is -0.493 e. The third-order valence-corrected chi connectivity index (χ3v) is 5.51. The van der Waals surface area contributed by atoms with Crippen LogP contribution in [0, 0.1) is 0 Å². The van der Waals surface area contributed by atoms with E-state index < -0.39 is 0 Å². The lowest BCUT2D eigenvalue weighted by Crippen LogP contribution is -2.34. The number of aromatic nitrogens is 1. The number of hydrogen-bond donors (Lipinski definition) is 2. The van der Waals surface area contributed by atoms with Gasteiger partial charge in [-0.3, -0.25) is 10.1 Å². The zero-order chi connectivity index (χ0) is 24.4. The van der Waals surface area contributed by atoms with Crippen LogP contribution in [0.25, 0.3) is 22.6 Å². The Balaban J connectivity index is 1.29. The smallest absolute Gasteiger partial charge is 0.257 e. The molecule has 0 saturated carbocycles. The average Bonchev–Trinajstić information content (AvgIpc) is 3.31. The summed E-state index contributed by atoms with van der Waals surface area (Å²) in [6.45, 7) is 0.925. The topological polar surface area (TPSA) is 104 Å². The van der Waals surface area contributed by atoms with Crippen LogP contribution in [0.4, 0.5) is 5.69 Å². The number of benzene rings is 3. The van der Waals surface area contributed by atoms with Crippen molar-refractivity contribution < 1.29 is 28.2 Å². The molecule has 1 aliphatic heterocycles. The molecule has 2 heterocycles. The van der Waals surface area contributed by atoms with Crippen molar-refractivity contribution in [2.45, 2.75) is 0 Å². The van der Waals surface area contributed by atoms with E-state index in [1.165, 1.54) is 0 Å². The molecule has 10 heteroatoms. The summed E-state index contributed by atoms with van der Waals surface area (Å²) in [6, 6.07) is 15.8. The van der Waals surface area contributed by atoms with Crippen LogP contribution in [0.2, 0.25) is 0 Å². The minimum atomic E-state index is -0.363. The molecule has 0 radical (unpaired) electrons. The number of oxazole rings is 1. The van der Waals surface area contributed by atoms with E-state index in [-0.39, 0.29) is 11.0 Å². The molecule has 3 aromatic carbocycles. The van der Waals surface area contributed by atoms with Gasteiger partial charge in [0.15, 0.2) is 33.7 Å². The fourth-order valence-electron chi connectivity index (χ4n) is 3.62. The molecule has 5 rings (SSSR count). The molecule has 9 nitrogen and oxygen atoms in total. The molecule has 0 unspecified atom stereocenters. The van der Waals surface area contributed by atoms with Gasteiger partial charge < -0.3 is 28.7 Å². The van der Waals surface area contributed by atoms with E-state index >= 15 is 0 Å². The third-order valence-electron chi connectivity index (χ3n) is 5.31. The summed E-state index contributed by atoms with van der Waals surface area (Å²) in [5, 5.41) is 5.82. The molecule has 0 atom stereocenters. The van der Waals surface area contributed by atoms with Crippen molar-refractivity contribution in [3.8, 4) is 34.5 Å². The van der Waals surface area contributed by atoms with Crippen molar-refractivity contribution >= 4 is 40.0 Å². The van der Waals surface area contributed by atoms with Crippen LogP contribution < -0.4 is 29.6 Å². The standard InChI is InChI=1S/C25H21N3O6S/c1-30-19-6-4-15(12-21(19)31-2)24-27-17-13-16(5-8-18(17)34-24)26-25(35)28-23(29)14-3-7-20-22(11-14)33-10-9-32-20/h3-8,11-13H,9-10H2,1-2H3,(H2,26,28,29,35). The number of hydrogen-bond acceptors (Lipinski definition) is 8. The largest absolute Gasteiger partial charge is 0.493 e. The van der Waals surface area contributed by atoms with Gasteiger partial charge in [0.25, 0.3) is 5.91 Å². The van der Waals surface area contributed by atoms with Gasteiger partial charge in [-0.2, -0.15) is 0 Å². The second-order valence-corrected chi connectivity index (χ2v) is 7.95. The number of nitrogens with zero attached hydrogens (tertiary/aromatic N) is 1. The lowest BCUT2D eigenvalue weighted by Gasteiger charge is -2.18. The van der Waals surface area contributed by atoms with Gasteiger partial charge >= 0.3 is 0 Å². The van der Waals surface area contributed by atoms with E-state index in [1.54, 1.807) is 62.8 Å². The Kier molecular flexibility index (Phi) is 6.11. The molecule has 1 aliphatic rings. The number of methoxy groups -OCH3 is 2. The van der Waals surface area contributed by atoms with Crippen molar-refractivity contribution in [1.82, 2.24) is 10.3 Å². The van der Waals surface area contributed by atoms with Crippen LogP contribution in [-0.4, -0.2) is 43.4 Å². The van der Waals surface area contributed by atoms with Crippen molar-refractivity contribution in [3.05, 3.63) is 60.2 Å². The number of carbonyl (C=O) groups excluding carboxylic acids is 1. The van der Waals surface area contributed by atoms with Gasteiger partial charge in [0.05, 0.1) is 14.2 Å². The number of amides is 1. The first-order valence-corrected chi connectivity index (χ1v) is 11.1. The lowest BCUT2D eigenvalue weighted by molar-refractivity contribution is 0.0976. The highest BCUT2D eigenvalue weighted by Gasteiger charge is 2.16. The summed E-state index contributed by atoms with van der Waals surface area (Å²) in [7, 11) is 3.15. The van der Waals surface area contributed by atoms with Gasteiger partial charge in [-0.25, -0.2) is 4.98 Å². The van der Waals surface area contributed by atoms with Gasteiger partial charge in [0.1, 0.15) is 18.7 Å². The SMILES string of the molecule is COc1ccc(-c2nc3cc(NC(=S)NC(=O)c4ccc5c(c4)OCCO5)ccc3o2)cc1OC. The van der Waals surface area contributed by atoms with Crippen molar-refractivity contribution in [1.29, 1.82) is 0 Å².